The first kappa shape index (κ1) is 20.9. The van der Waals surface area contributed by atoms with Gasteiger partial charge in [-0.15, -0.1) is 0 Å². The van der Waals surface area contributed by atoms with Crippen LogP contribution in [0.1, 0.15) is 53.4 Å². The van der Waals surface area contributed by atoms with Crippen LogP contribution in [0.2, 0.25) is 0 Å². The monoisotopic (exact) mass is 336 g/mol. The number of thiol groups is 2. The van der Waals surface area contributed by atoms with Crippen molar-refractivity contribution in [2.24, 2.45) is 5.73 Å². The summed E-state index contributed by atoms with van der Waals surface area (Å²) in [4.78, 5) is 24.7. The maximum absolute atomic E-state index is 12.4. The van der Waals surface area contributed by atoms with E-state index in [2.05, 4.69) is 30.6 Å². The summed E-state index contributed by atoms with van der Waals surface area (Å²) in [5, 5.41) is 11.4. The first-order valence-corrected chi connectivity index (χ1v) is 8.37. The largest absolute Gasteiger partial charge is 0.382 e. The van der Waals surface area contributed by atoms with E-state index in [0.29, 0.717) is 25.7 Å². The van der Waals surface area contributed by atoms with Crippen LogP contribution in [0.25, 0.3) is 0 Å². The number of hydrogen-bond acceptors (Lipinski definition) is 7. The summed E-state index contributed by atoms with van der Waals surface area (Å²) >= 11 is 8.24. The predicted molar refractivity (Wildman–Crippen MR) is 91.7 cm³/mol. The van der Waals surface area contributed by atoms with E-state index in [1.54, 1.807) is 13.8 Å². The highest BCUT2D eigenvalue weighted by molar-refractivity contribution is 7.82. The minimum atomic E-state index is -1.43. The Morgan fingerprint density at radius 3 is 1.76 bits per heavy atom. The quantitative estimate of drug-likeness (QED) is 0.306. The Bertz CT molecular complexity index is 367. The molecule has 5 nitrogen and oxygen atoms in total. The van der Waals surface area contributed by atoms with Gasteiger partial charge in [-0.1, -0.05) is 27.7 Å². The molecule has 0 amide bonds. The van der Waals surface area contributed by atoms with E-state index in [1.807, 2.05) is 13.8 Å². The topological polar surface area (TPSA) is 92.4 Å². The van der Waals surface area contributed by atoms with Gasteiger partial charge in [0.2, 0.25) is 0 Å². The van der Waals surface area contributed by atoms with Crippen molar-refractivity contribution >= 4 is 36.8 Å². The predicted octanol–water partition coefficient (Wildman–Crippen LogP) is 1.29. The number of Topliss-reactive ketones (excluding diaryl/α,β-unsaturated/α-hetero) is 2. The van der Waals surface area contributed by atoms with Gasteiger partial charge in [0.1, 0.15) is 16.3 Å². The maximum Gasteiger partial charge on any atom is 0.191 e. The Labute approximate surface area is 138 Å². The minimum Gasteiger partial charge on any atom is -0.382 e. The molecule has 0 fully saturated rings. The summed E-state index contributed by atoms with van der Waals surface area (Å²) in [6, 6.07) is 0. The van der Waals surface area contributed by atoms with Gasteiger partial charge in [-0.05, 0) is 25.7 Å². The summed E-state index contributed by atoms with van der Waals surface area (Å²) in [6.45, 7) is 7.15. The third-order valence-corrected chi connectivity index (χ3v) is 4.84. The van der Waals surface area contributed by atoms with Crippen LogP contribution < -0.4 is 11.1 Å². The van der Waals surface area contributed by atoms with Gasteiger partial charge < -0.3 is 10.8 Å². The number of hydrogen-bond donors (Lipinski definition) is 5. The molecule has 0 aromatic rings. The Hall–Kier alpha value is -0.0800. The number of nitrogens with two attached hydrogens (primary N) is 1. The Morgan fingerprint density at radius 2 is 1.48 bits per heavy atom. The number of carbonyl (C=O) groups excluding carboxylic acids is 2. The molecule has 0 saturated carbocycles. The van der Waals surface area contributed by atoms with E-state index < -0.39 is 27.7 Å². The molecule has 0 aromatic heterocycles. The van der Waals surface area contributed by atoms with Crippen molar-refractivity contribution in [1.29, 1.82) is 0 Å². The second-order valence-electron chi connectivity index (χ2n) is 5.25. The van der Waals surface area contributed by atoms with E-state index in [-0.39, 0.29) is 5.78 Å². The molecule has 0 rings (SSSR count). The van der Waals surface area contributed by atoms with Gasteiger partial charge in [-0.25, -0.2) is 0 Å². The lowest BCUT2D eigenvalue weighted by Gasteiger charge is -2.36. The van der Waals surface area contributed by atoms with Crippen LogP contribution in [0.3, 0.4) is 0 Å². The van der Waals surface area contributed by atoms with Gasteiger partial charge in [-0.2, -0.15) is 25.3 Å². The first-order chi connectivity index (χ1) is 9.64. The summed E-state index contributed by atoms with van der Waals surface area (Å²) in [6.07, 6.45) is 1.51. The fourth-order valence-corrected chi connectivity index (χ4v) is 3.07. The van der Waals surface area contributed by atoms with E-state index in [9.17, 15) is 14.7 Å². The number of aliphatic hydroxyl groups is 1. The van der Waals surface area contributed by atoms with Crippen molar-refractivity contribution in [3.63, 3.8) is 0 Å². The van der Waals surface area contributed by atoms with E-state index in [4.69, 9.17) is 5.73 Å². The van der Waals surface area contributed by atoms with Crippen LogP contribution in [0, 0.1) is 0 Å². The molecule has 0 bridgehead atoms. The Balaban J connectivity index is 5.29. The number of nitrogens with one attached hydrogen (secondary N) is 1. The zero-order valence-electron chi connectivity index (χ0n) is 13.2. The maximum atomic E-state index is 12.4. The molecule has 2 atom stereocenters. The van der Waals surface area contributed by atoms with Gasteiger partial charge in [0.25, 0.3) is 0 Å². The molecule has 0 aliphatic rings. The number of carbonyl (C=O) groups is 2. The highest BCUT2D eigenvalue weighted by Crippen LogP contribution is 2.24. The van der Waals surface area contributed by atoms with Crippen LogP contribution in [0.15, 0.2) is 0 Å². The van der Waals surface area contributed by atoms with E-state index in [0.717, 1.165) is 0 Å². The molecular weight excluding hydrogens is 308 g/mol. The lowest BCUT2D eigenvalue weighted by molar-refractivity contribution is -0.139. The standard InChI is InChI=1S/C14H28N2O3S2/c1-5-13(6-2,9(17)11(15)20)16-12(21)10(18)14(19,7-3)8-4/h11-12,16,19-21H,5-8,15H2,1-4H3. The molecule has 0 heterocycles. The van der Waals surface area contributed by atoms with E-state index in [1.165, 1.54) is 0 Å². The van der Waals surface area contributed by atoms with Crippen LogP contribution in [-0.4, -0.2) is 38.6 Å². The summed E-state index contributed by atoms with van der Waals surface area (Å²) < 4.78 is 0. The molecule has 124 valence electrons. The number of rotatable bonds is 10. The minimum absolute atomic E-state index is 0.278. The average Bonchev–Trinajstić information content (AvgIpc) is 2.50. The number of ketones is 2. The molecule has 0 radical (unpaired) electrons. The van der Waals surface area contributed by atoms with Crippen molar-refractivity contribution in [2.75, 3.05) is 0 Å². The lowest BCUT2D eigenvalue weighted by Crippen LogP contribution is -2.61. The summed E-state index contributed by atoms with van der Waals surface area (Å²) in [7, 11) is 0. The molecule has 0 aromatic carbocycles. The Morgan fingerprint density at radius 1 is 1.05 bits per heavy atom. The third kappa shape index (κ3) is 4.69. The molecule has 0 saturated heterocycles. The first-order valence-electron chi connectivity index (χ1n) is 7.34. The SMILES string of the molecule is CCC(O)(CC)C(=O)C(S)NC(CC)(CC)C(=O)C(N)S. The van der Waals surface area contributed by atoms with Crippen LogP contribution in [-0.2, 0) is 9.59 Å². The fourth-order valence-electron chi connectivity index (χ4n) is 2.34. The second kappa shape index (κ2) is 8.53. The molecule has 4 N–H and O–H groups in total. The van der Waals surface area contributed by atoms with Gasteiger partial charge in [0, 0.05) is 0 Å². The normalized spacial score (nSPS) is 15.6. The molecule has 0 aliphatic heterocycles. The molecule has 7 heteroatoms. The highest BCUT2D eigenvalue weighted by Gasteiger charge is 2.42. The van der Waals surface area contributed by atoms with Gasteiger partial charge in [-0.3, -0.25) is 14.9 Å². The van der Waals surface area contributed by atoms with Crippen molar-refractivity contribution in [3.05, 3.63) is 0 Å². The van der Waals surface area contributed by atoms with Crippen LogP contribution in [0.4, 0.5) is 0 Å². The van der Waals surface area contributed by atoms with Crippen molar-refractivity contribution in [1.82, 2.24) is 5.32 Å². The summed E-state index contributed by atoms with van der Waals surface area (Å²) in [5.41, 5.74) is 3.18. The van der Waals surface area contributed by atoms with Gasteiger partial charge in [0.05, 0.1) is 5.54 Å². The zero-order chi connectivity index (χ0) is 16.8. The molecule has 21 heavy (non-hydrogen) atoms. The smallest absolute Gasteiger partial charge is 0.191 e. The van der Waals surface area contributed by atoms with Crippen LogP contribution >= 0.6 is 25.3 Å². The second-order valence-corrected chi connectivity index (χ2v) is 6.32. The van der Waals surface area contributed by atoms with E-state index >= 15 is 0 Å². The lowest BCUT2D eigenvalue weighted by atomic mass is 9.86. The molecule has 0 spiro atoms. The summed E-state index contributed by atoms with van der Waals surface area (Å²) in [5.74, 6) is -0.707. The van der Waals surface area contributed by atoms with Crippen LogP contribution in [0.5, 0.6) is 0 Å². The third-order valence-electron chi connectivity index (χ3n) is 4.24. The Kier molecular flexibility index (Phi) is 8.49. The molecular formula is C14H28N2O3S2. The fraction of sp³-hybridized carbons (Fsp3) is 0.857. The van der Waals surface area contributed by atoms with Crippen molar-refractivity contribution in [3.8, 4) is 0 Å². The van der Waals surface area contributed by atoms with Gasteiger partial charge in [0.15, 0.2) is 11.6 Å². The highest BCUT2D eigenvalue weighted by atomic mass is 32.1. The van der Waals surface area contributed by atoms with Crippen molar-refractivity contribution < 1.29 is 14.7 Å². The average molecular weight is 337 g/mol. The van der Waals surface area contributed by atoms with Gasteiger partial charge >= 0.3 is 0 Å². The zero-order valence-corrected chi connectivity index (χ0v) is 15.0. The molecule has 2 unspecified atom stereocenters. The van der Waals surface area contributed by atoms with Crippen molar-refractivity contribution in [2.45, 2.75) is 75.3 Å². The molecule has 0 aliphatic carbocycles.